The first kappa shape index (κ1) is 21.0. The van der Waals surface area contributed by atoms with Crippen LogP contribution in [0.2, 0.25) is 0 Å². The fraction of sp³-hybridized carbons (Fsp3) is 0.619. The van der Waals surface area contributed by atoms with Gasteiger partial charge >= 0.3 is 0 Å². The van der Waals surface area contributed by atoms with Crippen LogP contribution in [-0.2, 0) is 9.53 Å². The van der Waals surface area contributed by atoms with Crippen LogP contribution in [0.3, 0.4) is 0 Å². The number of carbonyl (C=O) groups excluding carboxylic acids is 1. The van der Waals surface area contributed by atoms with Crippen LogP contribution in [0, 0.1) is 0 Å². The monoisotopic (exact) mass is 404 g/mol. The molecular weight excluding hydrogens is 372 g/mol. The van der Waals surface area contributed by atoms with E-state index >= 15 is 0 Å². The van der Waals surface area contributed by atoms with Crippen molar-refractivity contribution in [3.8, 4) is 0 Å². The van der Waals surface area contributed by atoms with E-state index < -0.39 is 0 Å². The van der Waals surface area contributed by atoms with Crippen molar-refractivity contribution in [2.75, 3.05) is 43.9 Å². The van der Waals surface area contributed by atoms with Crippen molar-refractivity contribution >= 4 is 29.3 Å². The van der Waals surface area contributed by atoms with Crippen LogP contribution in [0.4, 0.5) is 5.69 Å². The van der Waals surface area contributed by atoms with Gasteiger partial charge in [-0.2, -0.15) is 11.8 Å². The summed E-state index contributed by atoms with van der Waals surface area (Å²) in [5.41, 5.74) is 2.11. The number of ether oxygens (including phenoxy) is 1. The first-order valence-corrected chi connectivity index (χ1v) is 11.3. The van der Waals surface area contributed by atoms with Crippen LogP contribution in [-0.4, -0.2) is 55.2 Å². The van der Waals surface area contributed by atoms with E-state index in [-0.39, 0.29) is 16.6 Å². The van der Waals surface area contributed by atoms with Crippen molar-refractivity contribution in [3.05, 3.63) is 29.8 Å². The number of aliphatic imine (C=N–C) groups is 1. The molecule has 1 saturated heterocycles. The number of carbonyl (C=O) groups is 1. The van der Waals surface area contributed by atoms with Crippen molar-refractivity contribution in [1.82, 2.24) is 10.6 Å². The van der Waals surface area contributed by atoms with E-state index in [1.165, 1.54) is 5.56 Å². The fourth-order valence-corrected chi connectivity index (χ4v) is 5.09. The molecule has 0 aromatic heterocycles. The lowest BCUT2D eigenvalue weighted by atomic mass is 9.90. The lowest BCUT2D eigenvalue weighted by molar-refractivity contribution is -0.116. The van der Waals surface area contributed by atoms with Crippen LogP contribution < -0.4 is 16.0 Å². The number of nitrogens with one attached hydrogen (secondary N) is 3. The second-order valence-corrected chi connectivity index (χ2v) is 9.07. The highest BCUT2D eigenvalue weighted by Crippen LogP contribution is 2.36. The molecule has 3 rings (SSSR count). The van der Waals surface area contributed by atoms with Gasteiger partial charge in [-0.25, -0.2) is 0 Å². The maximum atomic E-state index is 12.1. The van der Waals surface area contributed by atoms with Crippen LogP contribution in [0.5, 0.6) is 0 Å². The highest BCUT2D eigenvalue weighted by atomic mass is 32.2. The van der Waals surface area contributed by atoms with E-state index in [1.54, 1.807) is 0 Å². The Labute approximate surface area is 172 Å². The molecule has 6 nitrogen and oxygen atoms in total. The molecule has 1 aromatic carbocycles. The molecule has 1 atom stereocenters. The molecule has 3 N–H and O–H groups in total. The molecule has 154 valence electrons. The van der Waals surface area contributed by atoms with Gasteiger partial charge in [0.15, 0.2) is 5.96 Å². The molecule has 28 heavy (non-hydrogen) atoms. The maximum absolute atomic E-state index is 12.1. The highest BCUT2D eigenvalue weighted by molar-refractivity contribution is 8.00. The summed E-state index contributed by atoms with van der Waals surface area (Å²) in [4.78, 5) is 17.0. The molecular formula is C21H32N4O2S. The van der Waals surface area contributed by atoms with Gasteiger partial charge in [0.1, 0.15) is 0 Å². The average molecular weight is 405 g/mol. The number of nitrogens with zero attached hydrogens (tertiary/aromatic N) is 1. The fourth-order valence-electron chi connectivity index (χ4n) is 3.87. The predicted molar refractivity (Wildman–Crippen MR) is 117 cm³/mol. The van der Waals surface area contributed by atoms with Crippen LogP contribution in [0.25, 0.3) is 0 Å². The van der Waals surface area contributed by atoms with Crippen molar-refractivity contribution in [1.29, 1.82) is 0 Å². The van der Waals surface area contributed by atoms with Crippen molar-refractivity contribution in [2.24, 2.45) is 4.99 Å². The summed E-state index contributed by atoms with van der Waals surface area (Å²) in [6, 6.07) is 8.05. The van der Waals surface area contributed by atoms with Gasteiger partial charge in [-0.05, 0) is 37.1 Å². The third-order valence-electron chi connectivity index (χ3n) is 5.35. The number of fused-ring (bicyclic) bond motifs is 1. The van der Waals surface area contributed by atoms with E-state index in [0.29, 0.717) is 13.0 Å². The molecule has 0 spiro atoms. The average Bonchev–Trinajstić information content (AvgIpc) is 2.71. The zero-order valence-corrected chi connectivity index (χ0v) is 17.7. The largest absolute Gasteiger partial charge is 0.381 e. The number of anilines is 1. The van der Waals surface area contributed by atoms with E-state index in [9.17, 15) is 4.79 Å². The Hall–Kier alpha value is -1.73. The summed E-state index contributed by atoms with van der Waals surface area (Å²) in [5.74, 6) is 2.14. The van der Waals surface area contributed by atoms with Gasteiger partial charge in [0.25, 0.3) is 0 Å². The molecule has 1 amide bonds. The quantitative estimate of drug-likeness (QED) is 0.481. The molecule has 0 bridgehead atoms. The lowest BCUT2D eigenvalue weighted by Crippen LogP contribution is -2.43. The second kappa shape index (κ2) is 10.2. The summed E-state index contributed by atoms with van der Waals surface area (Å²) >= 11 is 2.00. The molecule has 1 aromatic rings. The Morgan fingerprint density at radius 1 is 1.29 bits per heavy atom. The zero-order chi connectivity index (χ0) is 19.8. The summed E-state index contributed by atoms with van der Waals surface area (Å²) < 4.78 is 5.74. The Morgan fingerprint density at radius 2 is 2.07 bits per heavy atom. The smallest absolute Gasteiger partial charge is 0.225 e. The van der Waals surface area contributed by atoms with Gasteiger partial charge in [0.05, 0.1) is 6.54 Å². The third-order valence-corrected chi connectivity index (χ3v) is 6.78. The minimum Gasteiger partial charge on any atom is -0.381 e. The summed E-state index contributed by atoms with van der Waals surface area (Å²) in [5, 5.41) is 9.79. The highest BCUT2D eigenvalue weighted by Gasteiger charge is 2.32. The molecule has 2 aliphatic heterocycles. The van der Waals surface area contributed by atoms with E-state index in [1.807, 2.05) is 30.0 Å². The standard InChI is InChI=1S/C21H32N4O2S/c1-3-22-20(24-15-21(28-4-2)9-11-27-12-10-21)23-14-16-13-19(26)25-18-8-6-5-7-17(16)18/h5-8,16H,3-4,9-15H2,1-2H3,(H,25,26)(H2,22,23,24). The van der Waals surface area contributed by atoms with Crippen LogP contribution in [0.1, 0.15) is 44.6 Å². The second-order valence-electron chi connectivity index (χ2n) is 7.34. The Morgan fingerprint density at radius 3 is 2.82 bits per heavy atom. The number of guanidine groups is 1. The normalized spacial score (nSPS) is 21.6. The van der Waals surface area contributed by atoms with Gasteiger partial charge in [-0.15, -0.1) is 0 Å². The number of hydrogen-bond acceptors (Lipinski definition) is 4. The number of benzene rings is 1. The Kier molecular flexibility index (Phi) is 7.62. The first-order valence-electron chi connectivity index (χ1n) is 10.3. The molecule has 0 saturated carbocycles. The van der Waals surface area contributed by atoms with Crippen molar-refractivity contribution in [2.45, 2.75) is 43.8 Å². The third kappa shape index (κ3) is 5.41. The van der Waals surface area contributed by atoms with Gasteiger partial charge in [-0.3, -0.25) is 9.79 Å². The molecule has 0 aliphatic carbocycles. The van der Waals surface area contributed by atoms with Gasteiger partial charge in [0.2, 0.25) is 5.91 Å². The minimum atomic E-state index is 0.0768. The van der Waals surface area contributed by atoms with Crippen molar-refractivity contribution in [3.63, 3.8) is 0 Å². The summed E-state index contributed by atoms with van der Waals surface area (Å²) in [6.07, 6.45) is 2.59. The minimum absolute atomic E-state index is 0.0768. The SMILES string of the molecule is CCNC(=NCC1(SCC)CCOCC1)NCC1CC(=O)Nc2ccccc21. The topological polar surface area (TPSA) is 74.8 Å². The zero-order valence-electron chi connectivity index (χ0n) is 16.9. The summed E-state index contributed by atoms with van der Waals surface area (Å²) in [6.45, 7) is 8.21. The van der Waals surface area contributed by atoms with Crippen LogP contribution in [0.15, 0.2) is 29.3 Å². The number of amides is 1. The number of thioether (sulfide) groups is 1. The Bertz CT molecular complexity index is 683. The van der Waals surface area contributed by atoms with Gasteiger partial charge in [-0.1, -0.05) is 25.1 Å². The Balaban J connectivity index is 1.66. The molecule has 7 heteroatoms. The van der Waals surface area contributed by atoms with Crippen LogP contribution >= 0.6 is 11.8 Å². The van der Waals surface area contributed by atoms with E-state index in [4.69, 9.17) is 9.73 Å². The molecule has 0 radical (unpaired) electrons. The van der Waals surface area contributed by atoms with Gasteiger partial charge in [0, 0.05) is 49.1 Å². The number of hydrogen-bond donors (Lipinski definition) is 3. The predicted octanol–water partition coefficient (Wildman–Crippen LogP) is 2.97. The molecule has 1 fully saturated rings. The summed E-state index contributed by atoms with van der Waals surface area (Å²) in [7, 11) is 0. The lowest BCUT2D eigenvalue weighted by Gasteiger charge is -2.35. The molecule has 2 aliphatic rings. The number of para-hydroxylation sites is 1. The molecule has 1 unspecified atom stereocenters. The maximum Gasteiger partial charge on any atom is 0.225 e. The number of rotatable bonds is 7. The van der Waals surface area contributed by atoms with Gasteiger partial charge < -0.3 is 20.7 Å². The van der Waals surface area contributed by atoms with E-state index in [2.05, 4.69) is 35.9 Å². The van der Waals surface area contributed by atoms with Crippen molar-refractivity contribution < 1.29 is 9.53 Å². The van der Waals surface area contributed by atoms with E-state index in [0.717, 1.165) is 56.5 Å². The molecule has 2 heterocycles. The first-order chi connectivity index (χ1) is 13.7.